The highest BCUT2D eigenvalue weighted by Gasteiger charge is 2.08. The number of aliphatic imine (C=N–C) groups is 1. The van der Waals surface area contributed by atoms with Gasteiger partial charge in [0, 0.05) is 44.4 Å². The summed E-state index contributed by atoms with van der Waals surface area (Å²) < 4.78 is 0. The summed E-state index contributed by atoms with van der Waals surface area (Å²) in [6, 6.07) is 0. The highest BCUT2D eigenvalue weighted by Crippen LogP contribution is 2.07. The third-order valence-electron chi connectivity index (χ3n) is 3.40. The Labute approximate surface area is 166 Å². The molecular formula is C16H30IN5OS. The van der Waals surface area contributed by atoms with Crippen LogP contribution in [0.4, 0.5) is 0 Å². The highest BCUT2D eigenvalue weighted by molar-refractivity contribution is 14.0. The van der Waals surface area contributed by atoms with Gasteiger partial charge in [0.15, 0.2) is 5.96 Å². The molecule has 0 atom stereocenters. The normalized spacial score (nSPS) is 10.9. The number of nitrogens with zero attached hydrogens (tertiary/aromatic N) is 3. The van der Waals surface area contributed by atoms with E-state index in [2.05, 4.69) is 26.0 Å². The summed E-state index contributed by atoms with van der Waals surface area (Å²) >= 11 is 1.67. The zero-order valence-corrected chi connectivity index (χ0v) is 18.2. The van der Waals surface area contributed by atoms with Gasteiger partial charge in [0.05, 0.1) is 17.2 Å². The molecule has 138 valence electrons. The number of aryl methyl sites for hydroxylation is 1. The molecule has 0 saturated heterocycles. The van der Waals surface area contributed by atoms with Crippen LogP contribution in [0.5, 0.6) is 0 Å². The molecule has 0 aromatic carbocycles. The molecule has 1 amide bonds. The van der Waals surface area contributed by atoms with Gasteiger partial charge in [-0.1, -0.05) is 0 Å². The average molecular weight is 467 g/mol. The second-order valence-electron chi connectivity index (χ2n) is 5.11. The van der Waals surface area contributed by atoms with E-state index in [1.165, 1.54) is 0 Å². The van der Waals surface area contributed by atoms with Gasteiger partial charge in [-0.05, 0) is 27.7 Å². The summed E-state index contributed by atoms with van der Waals surface area (Å²) in [6.07, 6.45) is 1.32. The topological polar surface area (TPSA) is 69.6 Å². The van der Waals surface area contributed by atoms with Crippen LogP contribution in [0.3, 0.4) is 0 Å². The van der Waals surface area contributed by atoms with Gasteiger partial charge < -0.3 is 15.5 Å². The van der Waals surface area contributed by atoms with E-state index in [-0.39, 0.29) is 29.9 Å². The SMILES string of the molecule is CCNC(=NCCC(=O)N(CC)CC)NCCc1csc(C)n1.I. The van der Waals surface area contributed by atoms with Gasteiger partial charge in [-0.15, -0.1) is 35.3 Å². The summed E-state index contributed by atoms with van der Waals surface area (Å²) in [6.45, 7) is 11.6. The largest absolute Gasteiger partial charge is 0.357 e. The van der Waals surface area contributed by atoms with Crippen molar-refractivity contribution in [3.63, 3.8) is 0 Å². The molecule has 0 radical (unpaired) electrons. The fourth-order valence-corrected chi connectivity index (χ4v) is 2.82. The quantitative estimate of drug-likeness (QED) is 0.333. The number of halogens is 1. The Morgan fingerprint density at radius 1 is 1.29 bits per heavy atom. The molecule has 1 aromatic heterocycles. The third kappa shape index (κ3) is 8.81. The Hall–Kier alpha value is -0.900. The second-order valence-corrected chi connectivity index (χ2v) is 6.17. The van der Waals surface area contributed by atoms with Crippen LogP contribution >= 0.6 is 35.3 Å². The zero-order chi connectivity index (χ0) is 17.1. The van der Waals surface area contributed by atoms with E-state index in [0.29, 0.717) is 13.0 Å². The first kappa shape index (κ1) is 23.1. The Balaban J connectivity index is 0.00000529. The molecule has 0 aliphatic rings. The lowest BCUT2D eigenvalue weighted by atomic mass is 10.3. The van der Waals surface area contributed by atoms with Crippen LogP contribution in [0, 0.1) is 6.92 Å². The first-order chi connectivity index (χ1) is 11.1. The van der Waals surface area contributed by atoms with Crippen molar-refractivity contribution in [1.29, 1.82) is 0 Å². The van der Waals surface area contributed by atoms with Crippen LogP contribution in [0.25, 0.3) is 0 Å². The lowest BCUT2D eigenvalue weighted by Crippen LogP contribution is -2.38. The number of hydrogen-bond acceptors (Lipinski definition) is 4. The average Bonchev–Trinajstić information content (AvgIpc) is 2.94. The minimum atomic E-state index is 0. The number of carbonyl (C=O) groups is 1. The van der Waals surface area contributed by atoms with Crippen LogP contribution < -0.4 is 10.6 Å². The molecule has 2 N–H and O–H groups in total. The Morgan fingerprint density at radius 3 is 2.54 bits per heavy atom. The van der Waals surface area contributed by atoms with Crippen molar-refractivity contribution in [2.24, 2.45) is 4.99 Å². The number of amides is 1. The number of thiazole rings is 1. The van der Waals surface area contributed by atoms with E-state index in [1.54, 1.807) is 11.3 Å². The van der Waals surface area contributed by atoms with Crippen molar-refractivity contribution in [2.45, 2.75) is 40.5 Å². The third-order valence-corrected chi connectivity index (χ3v) is 4.22. The van der Waals surface area contributed by atoms with Crippen molar-refractivity contribution in [2.75, 3.05) is 32.7 Å². The molecule has 0 aliphatic heterocycles. The molecule has 0 aliphatic carbocycles. The van der Waals surface area contributed by atoms with Crippen molar-refractivity contribution in [1.82, 2.24) is 20.5 Å². The fourth-order valence-electron chi connectivity index (χ4n) is 2.17. The summed E-state index contributed by atoms with van der Waals surface area (Å²) in [5, 5.41) is 9.67. The van der Waals surface area contributed by atoms with Gasteiger partial charge in [-0.3, -0.25) is 9.79 Å². The monoisotopic (exact) mass is 467 g/mol. The maximum Gasteiger partial charge on any atom is 0.224 e. The predicted molar refractivity (Wildman–Crippen MR) is 112 cm³/mol. The molecule has 8 heteroatoms. The molecule has 1 aromatic rings. The van der Waals surface area contributed by atoms with Gasteiger partial charge in [0.1, 0.15) is 0 Å². The van der Waals surface area contributed by atoms with E-state index >= 15 is 0 Å². The summed E-state index contributed by atoms with van der Waals surface area (Å²) in [4.78, 5) is 22.7. The van der Waals surface area contributed by atoms with Crippen LogP contribution in [-0.4, -0.2) is 54.5 Å². The molecule has 1 rings (SSSR count). The molecule has 0 unspecified atom stereocenters. The molecule has 0 spiro atoms. The number of nitrogens with one attached hydrogen (secondary N) is 2. The van der Waals surface area contributed by atoms with Gasteiger partial charge in [0.2, 0.25) is 5.91 Å². The highest BCUT2D eigenvalue weighted by atomic mass is 127. The number of carbonyl (C=O) groups excluding carboxylic acids is 1. The van der Waals surface area contributed by atoms with E-state index in [0.717, 1.165) is 49.3 Å². The Morgan fingerprint density at radius 2 is 2.00 bits per heavy atom. The first-order valence-electron chi connectivity index (χ1n) is 8.31. The molecule has 1 heterocycles. The standard InChI is InChI=1S/C16H29N5OS.HI/c1-5-17-16(18-10-8-14-12-23-13(4)20-14)19-11-9-15(22)21(6-2)7-3;/h12H,5-11H2,1-4H3,(H2,17,18,19);1H. The van der Waals surface area contributed by atoms with E-state index in [1.807, 2.05) is 32.6 Å². The maximum absolute atomic E-state index is 12.0. The van der Waals surface area contributed by atoms with Crippen molar-refractivity contribution < 1.29 is 4.79 Å². The fraction of sp³-hybridized carbons (Fsp3) is 0.688. The second kappa shape index (κ2) is 13.4. The Bertz CT molecular complexity index is 502. The maximum atomic E-state index is 12.0. The molecular weight excluding hydrogens is 437 g/mol. The summed E-state index contributed by atoms with van der Waals surface area (Å²) in [7, 11) is 0. The van der Waals surface area contributed by atoms with E-state index in [4.69, 9.17) is 0 Å². The smallest absolute Gasteiger partial charge is 0.224 e. The van der Waals surface area contributed by atoms with E-state index in [9.17, 15) is 4.79 Å². The lowest BCUT2D eigenvalue weighted by molar-refractivity contribution is -0.130. The predicted octanol–water partition coefficient (Wildman–Crippen LogP) is 2.43. The minimum absolute atomic E-state index is 0. The van der Waals surface area contributed by atoms with Crippen molar-refractivity contribution in [3.05, 3.63) is 16.1 Å². The number of rotatable bonds is 9. The molecule has 0 bridgehead atoms. The van der Waals surface area contributed by atoms with Gasteiger partial charge in [-0.25, -0.2) is 4.98 Å². The van der Waals surface area contributed by atoms with Crippen LogP contribution in [0.15, 0.2) is 10.4 Å². The molecule has 0 saturated carbocycles. The lowest BCUT2D eigenvalue weighted by Gasteiger charge is -2.18. The number of hydrogen-bond donors (Lipinski definition) is 2. The summed E-state index contributed by atoms with van der Waals surface area (Å²) in [5.41, 5.74) is 1.10. The van der Waals surface area contributed by atoms with E-state index < -0.39 is 0 Å². The van der Waals surface area contributed by atoms with Crippen LogP contribution in [0.1, 0.15) is 37.9 Å². The molecule has 0 fully saturated rings. The Kier molecular flexibility index (Phi) is 12.9. The zero-order valence-electron chi connectivity index (χ0n) is 15.1. The summed E-state index contributed by atoms with van der Waals surface area (Å²) in [5.74, 6) is 0.916. The van der Waals surface area contributed by atoms with Crippen molar-refractivity contribution in [3.8, 4) is 0 Å². The van der Waals surface area contributed by atoms with Crippen LogP contribution in [-0.2, 0) is 11.2 Å². The van der Waals surface area contributed by atoms with Crippen LogP contribution in [0.2, 0.25) is 0 Å². The molecule has 24 heavy (non-hydrogen) atoms. The van der Waals surface area contributed by atoms with Gasteiger partial charge >= 0.3 is 0 Å². The minimum Gasteiger partial charge on any atom is -0.357 e. The van der Waals surface area contributed by atoms with Gasteiger partial charge in [0.25, 0.3) is 0 Å². The van der Waals surface area contributed by atoms with Gasteiger partial charge in [-0.2, -0.15) is 0 Å². The molecule has 6 nitrogen and oxygen atoms in total. The first-order valence-corrected chi connectivity index (χ1v) is 9.19. The van der Waals surface area contributed by atoms with Crippen molar-refractivity contribution >= 4 is 47.2 Å². The number of guanidine groups is 1. The number of aromatic nitrogens is 1.